The lowest BCUT2D eigenvalue weighted by Crippen LogP contribution is -2.35. The summed E-state index contributed by atoms with van der Waals surface area (Å²) < 4.78 is 6.61. The standard InChI is InChI=1S/C25H30N2O2S/c1-26(14-10-21-18-30-24-17-22(29-2)8-9-23(21)24)12-5-13-27-15-11-19-6-3-4-7-20(19)16-25(27)28/h3-4,6-9,17-18H,5,10-16H2,1-2H3. The number of hydrogen-bond acceptors (Lipinski definition) is 4. The maximum Gasteiger partial charge on any atom is 0.227 e. The van der Waals surface area contributed by atoms with Crippen molar-refractivity contribution in [3.8, 4) is 5.75 Å². The lowest BCUT2D eigenvalue weighted by atomic mass is 10.0. The molecule has 2 heterocycles. The van der Waals surface area contributed by atoms with Crippen molar-refractivity contribution < 1.29 is 9.53 Å². The summed E-state index contributed by atoms with van der Waals surface area (Å²) in [4.78, 5) is 17.0. The predicted octanol–water partition coefficient (Wildman–Crippen LogP) is 4.40. The van der Waals surface area contributed by atoms with Crippen LogP contribution in [-0.2, 0) is 24.1 Å². The van der Waals surface area contributed by atoms with Gasteiger partial charge in [-0.25, -0.2) is 0 Å². The number of hydrogen-bond donors (Lipinski definition) is 0. The number of fused-ring (bicyclic) bond motifs is 2. The van der Waals surface area contributed by atoms with Crippen molar-refractivity contribution in [2.24, 2.45) is 0 Å². The summed E-state index contributed by atoms with van der Waals surface area (Å²) in [5.41, 5.74) is 3.93. The van der Waals surface area contributed by atoms with Gasteiger partial charge in [-0.2, -0.15) is 0 Å². The summed E-state index contributed by atoms with van der Waals surface area (Å²) in [6, 6.07) is 14.7. The summed E-state index contributed by atoms with van der Waals surface area (Å²) in [6.45, 7) is 3.71. The van der Waals surface area contributed by atoms with E-state index in [0.29, 0.717) is 6.42 Å². The van der Waals surface area contributed by atoms with Gasteiger partial charge in [-0.15, -0.1) is 11.3 Å². The molecule has 0 saturated carbocycles. The van der Waals surface area contributed by atoms with Crippen molar-refractivity contribution in [1.82, 2.24) is 9.80 Å². The monoisotopic (exact) mass is 422 g/mol. The summed E-state index contributed by atoms with van der Waals surface area (Å²) in [5, 5.41) is 3.61. The van der Waals surface area contributed by atoms with Crippen LogP contribution in [0.25, 0.3) is 10.1 Å². The largest absolute Gasteiger partial charge is 0.497 e. The van der Waals surface area contributed by atoms with Crippen LogP contribution < -0.4 is 4.74 Å². The minimum absolute atomic E-state index is 0.266. The van der Waals surface area contributed by atoms with E-state index in [9.17, 15) is 4.79 Å². The number of nitrogens with zero attached hydrogens (tertiary/aromatic N) is 2. The molecule has 2 aromatic carbocycles. The molecule has 0 N–H and O–H groups in total. The molecule has 1 aromatic heterocycles. The first-order chi connectivity index (χ1) is 14.6. The second kappa shape index (κ2) is 9.63. The molecule has 0 saturated heterocycles. The summed E-state index contributed by atoms with van der Waals surface area (Å²) >= 11 is 1.79. The van der Waals surface area contributed by atoms with Crippen molar-refractivity contribution in [3.63, 3.8) is 0 Å². The number of ether oxygens (including phenoxy) is 1. The van der Waals surface area contributed by atoms with E-state index in [2.05, 4.69) is 47.7 Å². The van der Waals surface area contributed by atoms with E-state index < -0.39 is 0 Å². The molecule has 4 nitrogen and oxygen atoms in total. The third-order valence-electron chi connectivity index (χ3n) is 6.06. The van der Waals surface area contributed by atoms with Gasteiger partial charge in [-0.3, -0.25) is 4.79 Å². The fourth-order valence-corrected chi connectivity index (χ4v) is 5.23. The van der Waals surface area contributed by atoms with Gasteiger partial charge >= 0.3 is 0 Å². The van der Waals surface area contributed by atoms with Crippen LogP contribution in [0.4, 0.5) is 0 Å². The summed E-state index contributed by atoms with van der Waals surface area (Å²) in [6.07, 6.45) is 3.57. The zero-order valence-electron chi connectivity index (χ0n) is 17.9. The molecule has 0 bridgehead atoms. The topological polar surface area (TPSA) is 32.8 Å². The molecule has 30 heavy (non-hydrogen) atoms. The molecule has 3 aromatic rings. The summed E-state index contributed by atoms with van der Waals surface area (Å²) in [5.74, 6) is 1.18. The molecule has 5 heteroatoms. The molecule has 0 unspecified atom stereocenters. The van der Waals surface area contributed by atoms with E-state index in [1.165, 1.54) is 26.8 Å². The van der Waals surface area contributed by atoms with Crippen LogP contribution >= 0.6 is 11.3 Å². The van der Waals surface area contributed by atoms with Crippen LogP contribution in [0, 0.1) is 0 Å². The molecule has 0 atom stereocenters. The molecule has 0 radical (unpaired) electrons. The fourth-order valence-electron chi connectivity index (χ4n) is 4.20. The van der Waals surface area contributed by atoms with Gasteiger partial charge < -0.3 is 14.5 Å². The highest BCUT2D eigenvalue weighted by Crippen LogP contribution is 2.29. The van der Waals surface area contributed by atoms with Crippen LogP contribution in [0.5, 0.6) is 5.75 Å². The predicted molar refractivity (Wildman–Crippen MR) is 125 cm³/mol. The highest BCUT2D eigenvalue weighted by atomic mass is 32.1. The van der Waals surface area contributed by atoms with E-state index in [0.717, 1.165) is 51.2 Å². The zero-order valence-corrected chi connectivity index (χ0v) is 18.7. The third kappa shape index (κ3) is 4.85. The SMILES string of the molecule is COc1ccc2c(CCN(C)CCCN3CCc4ccccc4CC3=O)csc2c1. The first-order valence-electron chi connectivity index (χ1n) is 10.7. The molecule has 1 aliphatic rings. The highest BCUT2D eigenvalue weighted by Gasteiger charge is 2.19. The van der Waals surface area contributed by atoms with Crippen LogP contribution in [0.15, 0.2) is 47.8 Å². The second-order valence-electron chi connectivity index (χ2n) is 8.11. The van der Waals surface area contributed by atoms with E-state index in [4.69, 9.17) is 4.74 Å². The van der Waals surface area contributed by atoms with Crippen molar-refractivity contribution in [2.75, 3.05) is 40.3 Å². The molecular weight excluding hydrogens is 392 g/mol. The first-order valence-corrected chi connectivity index (χ1v) is 11.6. The van der Waals surface area contributed by atoms with Gasteiger partial charge in [0.25, 0.3) is 0 Å². The summed E-state index contributed by atoms with van der Waals surface area (Å²) in [7, 11) is 3.89. The normalized spacial score (nSPS) is 14.2. The first kappa shape index (κ1) is 20.9. The lowest BCUT2D eigenvalue weighted by Gasteiger charge is -2.22. The molecule has 1 aliphatic heterocycles. The number of methoxy groups -OCH3 is 1. The maximum atomic E-state index is 12.6. The van der Waals surface area contributed by atoms with Gasteiger partial charge in [0.05, 0.1) is 13.5 Å². The van der Waals surface area contributed by atoms with Gasteiger partial charge in [-0.05, 0) is 78.5 Å². The Morgan fingerprint density at radius 3 is 2.80 bits per heavy atom. The number of carbonyl (C=O) groups is 1. The molecule has 0 spiro atoms. The Kier molecular flexibility index (Phi) is 6.70. The Bertz CT molecular complexity index is 1010. The van der Waals surface area contributed by atoms with Gasteiger partial charge in [0, 0.05) is 24.3 Å². The average Bonchev–Trinajstić information content (AvgIpc) is 3.09. The molecular formula is C25H30N2O2S. The number of likely N-dealkylation sites (N-methyl/N-ethyl adjacent to an activating group) is 1. The number of amides is 1. The van der Waals surface area contributed by atoms with Gasteiger partial charge in [0.15, 0.2) is 0 Å². The molecule has 0 aliphatic carbocycles. The van der Waals surface area contributed by atoms with Crippen molar-refractivity contribution in [2.45, 2.75) is 25.7 Å². The number of benzene rings is 2. The van der Waals surface area contributed by atoms with E-state index in [1.807, 2.05) is 17.0 Å². The second-order valence-corrected chi connectivity index (χ2v) is 9.02. The van der Waals surface area contributed by atoms with Crippen LogP contribution in [0.2, 0.25) is 0 Å². The number of thiophene rings is 1. The van der Waals surface area contributed by atoms with Crippen molar-refractivity contribution >= 4 is 27.3 Å². The Hall–Kier alpha value is -2.37. The minimum atomic E-state index is 0.266. The number of rotatable bonds is 8. The van der Waals surface area contributed by atoms with Gasteiger partial charge in [-0.1, -0.05) is 24.3 Å². The lowest BCUT2D eigenvalue weighted by molar-refractivity contribution is -0.130. The quantitative estimate of drug-likeness (QED) is 0.539. The van der Waals surface area contributed by atoms with Crippen LogP contribution in [0.3, 0.4) is 0 Å². The third-order valence-corrected chi connectivity index (χ3v) is 7.05. The number of carbonyl (C=O) groups excluding carboxylic acids is 1. The molecule has 0 fully saturated rings. The smallest absolute Gasteiger partial charge is 0.227 e. The zero-order chi connectivity index (χ0) is 20.9. The average molecular weight is 423 g/mol. The Labute approximate surface area is 183 Å². The van der Waals surface area contributed by atoms with Gasteiger partial charge in [0.1, 0.15) is 5.75 Å². The van der Waals surface area contributed by atoms with E-state index >= 15 is 0 Å². The van der Waals surface area contributed by atoms with E-state index in [1.54, 1.807) is 18.4 Å². The van der Waals surface area contributed by atoms with Crippen molar-refractivity contribution in [3.05, 3.63) is 64.5 Å². The maximum absolute atomic E-state index is 12.6. The Morgan fingerprint density at radius 2 is 1.97 bits per heavy atom. The van der Waals surface area contributed by atoms with Crippen LogP contribution in [0.1, 0.15) is 23.1 Å². The van der Waals surface area contributed by atoms with Crippen LogP contribution in [-0.4, -0.2) is 56.0 Å². The van der Waals surface area contributed by atoms with Gasteiger partial charge in [0.2, 0.25) is 5.91 Å². The highest BCUT2D eigenvalue weighted by molar-refractivity contribution is 7.17. The fraction of sp³-hybridized carbons (Fsp3) is 0.400. The Balaban J connectivity index is 1.24. The molecule has 158 valence electrons. The van der Waals surface area contributed by atoms with Crippen molar-refractivity contribution in [1.29, 1.82) is 0 Å². The van der Waals surface area contributed by atoms with E-state index in [-0.39, 0.29) is 5.91 Å². The Morgan fingerprint density at radius 1 is 1.13 bits per heavy atom. The molecule has 1 amide bonds. The minimum Gasteiger partial charge on any atom is -0.497 e. The molecule has 4 rings (SSSR count).